The molecule has 7 nitrogen and oxygen atoms in total. The summed E-state index contributed by atoms with van der Waals surface area (Å²) in [5.74, 6) is 1.08. The fourth-order valence-corrected chi connectivity index (χ4v) is 4.22. The van der Waals surface area contributed by atoms with Crippen LogP contribution in [0.25, 0.3) is 0 Å². The molecule has 0 bridgehead atoms. The summed E-state index contributed by atoms with van der Waals surface area (Å²) in [5.41, 5.74) is 2.42. The molecule has 2 aromatic heterocycles. The Morgan fingerprint density at radius 1 is 1.07 bits per heavy atom. The Morgan fingerprint density at radius 2 is 1.70 bits per heavy atom. The standard InChI is InChI=1S/C19H26N4O3S/c1-11(2)18-20-13(4)17(27-18)19(25)23-8-6-22(7-9-23)16(24)10-15-12(3)21-26-14(15)5/h11H,6-10H2,1-5H3. The summed E-state index contributed by atoms with van der Waals surface area (Å²) >= 11 is 1.48. The summed E-state index contributed by atoms with van der Waals surface area (Å²) in [5, 5.41) is 4.89. The molecule has 1 aliphatic heterocycles. The van der Waals surface area contributed by atoms with Crippen molar-refractivity contribution >= 4 is 23.2 Å². The van der Waals surface area contributed by atoms with Crippen LogP contribution in [0, 0.1) is 20.8 Å². The maximum Gasteiger partial charge on any atom is 0.265 e. The second kappa shape index (κ2) is 7.80. The van der Waals surface area contributed by atoms with Crippen molar-refractivity contribution in [1.29, 1.82) is 0 Å². The number of amides is 2. The minimum Gasteiger partial charge on any atom is -0.361 e. The minimum absolute atomic E-state index is 0.0229. The van der Waals surface area contributed by atoms with E-state index in [2.05, 4.69) is 24.0 Å². The van der Waals surface area contributed by atoms with E-state index in [9.17, 15) is 9.59 Å². The lowest BCUT2D eigenvalue weighted by Crippen LogP contribution is -2.51. The fourth-order valence-electron chi connectivity index (χ4n) is 3.18. The topological polar surface area (TPSA) is 79.5 Å². The van der Waals surface area contributed by atoms with Gasteiger partial charge in [-0.1, -0.05) is 19.0 Å². The second-order valence-electron chi connectivity index (χ2n) is 7.27. The van der Waals surface area contributed by atoms with Crippen LogP contribution in [0.4, 0.5) is 0 Å². The molecule has 1 aliphatic rings. The summed E-state index contributed by atoms with van der Waals surface area (Å²) in [6.45, 7) is 11.9. The van der Waals surface area contributed by atoms with Gasteiger partial charge in [0, 0.05) is 37.7 Å². The number of hydrogen-bond acceptors (Lipinski definition) is 6. The lowest BCUT2D eigenvalue weighted by molar-refractivity contribution is -0.131. The molecule has 3 heterocycles. The maximum atomic E-state index is 12.9. The predicted octanol–water partition coefficient (Wildman–Crippen LogP) is 2.71. The summed E-state index contributed by atoms with van der Waals surface area (Å²) in [6.07, 6.45) is 0.292. The Balaban J connectivity index is 1.60. The number of rotatable bonds is 4. The van der Waals surface area contributed by atoms with Crippen molar-refractivity contribution in [2.24, 2.45) is 0 Å². The number of aromatic nitrogens is 2. The summed E-state index contributed by atoms with van der Waals surface area (Å²) in [6, 6.07) is 0. The molecule has 146 valence electrons. The van der Waals surface area contributed by atoms with Crippen LogP contribution in [0.3, 0.4) is 0 Å². The number of hydrogen-bond donors (Lipinski definition) is 0. The van der Waals surface area contributed by atoms with Crippen LogP contribution >= 0.6 is 11.3 Å². The quantitative estimate of drug-likeness (QED) is 0.802. The molecule has 3 rings (SSSR count). The second-order valence-corrected chi connectivity index (χ2v) is 8.30. The average Bonchev–Trinajstić information content (AvgIpc) is 3.18. The highest BCUT2D eigenvalue weighted by Gasteiger charge is 2.28. The Hall–Kier alpha value is -2.22. The highest BCUT2D eigenvalue weighted by molar-refractivity contribution is 7.13. The molecule has 8 heteroatoms. The number of thiazole rings is 1. The normalized spacial score (nSPS) is 14.9. The Bertz CT molecular complexity index is 828. The first-order valence-electron chi connectivity index (χ1n) is 9.24. The van der Waals surface area contributed by atoms with Gasteiger partial charge in [-0.3, -0.25) is 9.59 Å². The molecule has 0 saturated carbocycles. The lowest BCUT2D eigenvalue weighted by atomic mass is 10.1. The van der Waals surface area contributed by atoms with Crippen LogP contribution in [0.1, 0.15) is 57.2 Å². The number of aryl methyl sites for hydroxylation is 3. The molecule has 0 unspecified atom stereocenters. The molecule has 0 atom stereocenters. The van der Waals surface area contributed by atoms with Gasteiger partial charge in [-0.15, -0.1) is 11.3 Å². The average molecular weight is 391 g/mol. The fraction of sp³-hybridized carbons (Fsp3) is 0.579. The molecule has 0 spiro atoms. The third kappa shape index (κ3) is 4.05. The van der Waals surface area contributed by atoms with Crippen LogP contribution in [-0.2, 0) is 11.2 Å². The van der Waals surface area contributed by atoms with Crippen molar-refractivity contribution in [3.8, 4) is 0 Å². The Morgan fingerprint density at radius 3 is 2.22 bits per heavy atom. The number of piperazine rings is 1. The first-order chi connectivity index (χ1) is 12.8. The van der Waals surface area contributed by atoms with Crippen molar-refractivity contribution in [2.75, 3.05) is 26.2 Å². The van der Waals surface area contributed by atoms with Gasteiger partial charge in [0.25, 0.3) is 5.91 Å². The predicted molar refractivity (Wildman–Crippen MR) is 103 cm³/mol. The highest BCUT2D eigenvalue weighted by Crippen LogP contribution is 2.26. The van der Waals surface area contributed by atoms with Crippen molar-refractivity contribution in [3.63, 3.8) is 0 Å². The molecular weight excluding hydrogens is 364 g/mol. The van der Waals surface area contributed by atoms with E-state index in [1.807, 2.05) is 30.6 Å². The molecular formula is C19H26N4O3S. The molecule has 0 radical (unpaired) electrons. The zero-order chi connectivity index (χ0) is 19.7. The van der Waals surface area contributed by atoms with Crippen molar-refractivity contribution in [2.45, 2.75) is 47.0 Å². The first-order valence-corrected chi connectivity index (χ1v) is 10.1. The van der Waals surface area contributed by atoms with Crippen molar-refractivity contribution in [1.82, 2.24) is 19.9 Å². The zero-order valence-electron chi connectivity index (χ0n) is 16.5. The zero-order valence-corrected chi connectivity index (χ0v) is 17.4. The van der Waals surface area contributed by atoms with Gasteiger partial charge in [0.15, 0.2) is 0 Å². The van der Waals surface area contributed by atoms with E-state index in [-0.39, 0.29) is 11.8 Å². The SMILES string of the molecule is Cc1nc(C(C)C)sc1C(=O)N1CCN(C(=O)Cc2c(C)noc2C)CC1. The summed E-state index contributed by atoms with van der Waals surface area (Å²) in [7, 11) is 0. The molecule has 1 fully saturated rings. The van der Waals surface area contributed by atoms with E-state index in [0.717, 1.165) is 22.0 Å². The third-order valence-corrected chi connectivity index (χ3v) is 6.38. The smallest absolute Gasteiger partial charge is 0.265 e. The molecule has 0 N–H and O–H groups in total. The molecule has 2 amide bonds. The minimum atomic E-state index is 0.0229. The van der Waals surface area contributed by atoms with Gasteiger partial charge in [0.05, 0.1) is 22.8 Å². The number of nitrogens with zero attached hydrogens (tertiary/aromatic N) is 4. The van der Waals surface area contributed by atoms with E-state index in [1.54, 1.807) is 0 Å². The Labute approximate surface area is 163 Å². The highest BCUT2D eigenvalue weighted by atomic mass is 32.1. The monoisotopic (exact) mass is 390 g/mol. The maximum absolute atomic E-state index is 12.9. The third-order valence-electron chi connectivity index (χ3n) is 4.93. The van der Waals surface area contributed by atoms with Gasteiger partial charge in [-0.25, -0.2) is 4.98 Å². The van der Waals surface area contributed by atoms with E-state index in [0.29, 0.717) is 49.2 Å². The van der Waals surface area contributed by atoms with Gasteiger partial charge < -0.3 is 14.3 Å². The van der Waals surface area contributed by atoms with Crippen molar-refractivity contribution in [3.05, 3.63) is 32.6 Å². The lowest BCUT2D eigenvalue weighted by Gasteiger charge is -2.34. The summed E-state index contributed by atoms with van der Waals surface area (Å²) < 4.78 is 5.13. The van der Waals surface area contributed by atoms with Crippen LogP contribution in [0.2, 0.25) is 0 Å². The van der Waals surface area contributed by atoms with Gasteiger partial charge in [-0.05, 0) is 20.8 Å². The Kier molecular flexibility index (Phi) is 5.64. The van der Waals surface area contributed by atoms with Crippen LogP contribution in [0.5, 0.6) is 0 Å². The van der Waals surface area contributed by atoms with Crippen LogP contribution < -0.4 is 0 Å². The molecule has 27 heavy (non-hydrogen) atoms. The van der Waals surface area contributed by atoms with E-state index < -0.39 is 0 Å². The van der Waals surface area contributed by atoms with Gasteiger partial charge >= 0.3 is 0 Å². The summed E-state index contributed by atoms with van der Waals surface area (Å²) in [4.78, 5) is 34.3. The van der Waals surface area contributed by atoms with E-state index in [1.165, 1.54) is 11.3 Å². The molecule has 0 aromatic carbocycles. The van der Waals surface area contributed by atoms with Crippen LogP contribution in [0.15, 0.2) is 4.52 Å². The molecule has 2 aromatic rings. The van der Waals surface area contributed by atoms with Crippen LogP contribution in [-0.4, -0.2) is 57.9 Å². The van der Waals surface area contributed by atoms with Gasteiger partial charge in [0.2, 0.25) is 5.91 Å². The van der Waals surface area contributed by atoms with Crippen molar-refractivity contribution < 1.29 is 14.1 Å². The largest absolute Gasteiger partial charge is 0.361 e. The molecule has 1 saturated heterocycles. The first kappa shape index (κ1) is 19.5. The van der Waals surface area contributed by atoms with E-state index >= 15 is 0 Å². The van der Waals surface area contributed by atoms with Gasteiger partial charge in [-0.2, -0.15) is 0 Å². The molecule has 0 aliphatic carbocycles. The number of carbonyl (C=O) groups excluding carboxylic acids is 2. The number of carbonyl (C=O) groups is 2. The van der Waals surface area contributed by atoms with E-state index in [4.69, 9.17) is 4.52 Å². The van der Waals surface area contributed by atoms with Gasteiger partial charge in [0.1, 0.15) is 10.6 Å².